The molecular formula is C20H30N6O2. The molecule has 0 radical (unpaired) electrons. The second-order valence-electron chi connectivity index (χ2n) is 8.84. The van der Waals surface area contributed by atoms with Crippen molar-refractivity contribution in [1.82, 2.24) is 25.1 Å². The van der Waals surface area contributed by atoms with Crippen LogP contribution >= 0.6 is 0 Å². The van der Waals surface area contributed by atoms with Gasteiger partial charge in [-0.15, -0.1) is 0 Å². The predicted molar refractivity (Wildman–Crippen MR) is 106 cm³/mol. The number of aromatic nitrogens is 2. The lowest BCUT2D eigenvalue weighted by molar-refractivity contribution is -0.140. The summed E-state index contributed by atoms with van der Waals surface area (Å²) in [5, 5.41) is 2.98. The van der Waals surface area contributed by atoms with Crippen LogP contribution in [0.2, 0.25) is 0 Å². The summed E-state index contributed by atoms with van der Waals surface area (Å²) in [7, 11) is 1.90. The van der Waals surface area contributed by atoms with Gasteiger partial charge in [-0.25, -0.2) is 14.8 Å². The third kappa shape index (κ3) is 2.89. The minimum absolute atomic E-state index is 0.00462. The van der Waals surface area contributed by atoms with Gasteiger partial charge in [0.2, 0.25) is 11.9 Å². The molecule has 4 heterocycles. The molecule has 1 aromatic heterocycles. The highest BCUT2D eigenvalue weighted by atomic mass is 16.2. The van der Waals surface area contributed by atoms with E-state index in [4.69, 9.17) is 0 Å². The number of carbonyl (C=O) groups is 2. The summed E-state index contributed by atoms with van der Waals surface area (Å²) >= 11 is 0. The number of urea groups is 1. The van der Waals surface area contributed by atoms with E-state index in [-0.39, 0.29) is 23.4 Å². The number of nitrogens with zero attached hydrogens (tertiary/aromatic N) is 5. The van der Waals surface area contributed by atoms with Crippen LogP contribution in [0.25, 0.3) is 0 Å². The van der Waals surface area contributed by atoms with Gasteiger partial charge in [0.1, 0.15) is 0 Å². The standard InChI is InChI=1S/C20H30N6O2/c1-15(2)23-18(28)25-11-5-19(6-12-25)13-26(17-21-8-4-9-22-17)14-20(19)7-10-24(3)16(20)27/h4,8-9,15H,5-7,10-14H2,1-3H3,(H,23,28)/t20-/m0/s1. The van der Waals surface area contributed by atoms with E-state index in [9.17, 15) is 9.59 Å². The SMILES string of the molecule is CC(C)NC(=O)N1CCC2(CC1)CN(c1ncccn1)C[C@]21CCN(C)C1=O. The maximum absolute atomic E-state index is 13.3. The van der Waals surface area contributed by atoms with Crippen LogP contribution in [0.3, 0.4) is 0 Å². The van der Waals surface area contributed by atoms with E-state index in [1.165, 1.54) is 0 Å². The summed E-state index contributed by atoms with van der Waals surface area (Å²) in [4.78, 5) is 40.5. The molecule has 0 unspecified atom stereocenters. The molecule has 0 bridgehead atoms. The summed E-state index contributed by atoms with van der Waals surface area (Å²) < 4.78 is 0. The van der Waals surface area contributed by atoms with Crippen LogP contribution in [-0.4, -0.2) is 77.5 Å². The number of hydrogen-bond acceptors (Lipinski definition) is 5. The van der Waals surface area contributed by atoms with Gasteiger partial charge in [-0.05, 0) is 39.2 Å². The summed E-state index contributed by atoms with van der Waals surface area (Å²) in [6, 6.07) is 1.93. The monoisotopic (exact) mass is 386 g/mol. The Morgan fingerprint density at radius 1 is 1.11 bits per heavy atom. The number of nitrogens with one attached hydrogen (secondary N) is 1. The van der Waals surface area contributed by atoms with Gasteiger partial charge < -0.3 is 20.0 Å². The van der Waals surface area contributed by atoms with Gasteiger partial charge in [0.05, 0.1) is 5.41 Å². The average molecular weight is 387 g/mol. The molecule has 3 aliphatic rings. The van der Waals surface area contributed by atoms with Crippen molar-refractivity contribution in [3.05, 3.63) is 18.5 Å². The second-order valence-corrected chi connectivity index (χ2v) is 8.84. The molecule has 8 nitrogen and oxygen atoms in total. The van der Waals surface area contributed by atoms with Crippen molar-refractivity contribution in [3.8, 4) is 0 Å². The summed E-state index contributed by atoms with van der Waals surface area (Å²) in [6.45, 7) is 7.54. The molecule has 3 amide bonds. The van der Waals surface area contributed by atoms with E-state index in [1.807, 2.05) is 36.8 Å². The number of fused-ring (bicyclic) bond motifs is 1. The smallest absolute Gasteiger partial charge is 0.317 e. The van der Waals surface area contributed by atoms with E-state index < -0.39 is 5.41 Å². The molecule has 1 N–H and O–H groups in total. The van der Waals surface area contributed by atoms with E-state index >= 15 is 0 Å². The lowest BCUT2D eigenvalue weighted by atomic mass is 9.60. The van der Waals surface area contributed by atoms with E-state index in [0.717, 1.165) is 32.4 Å². The highest BCUT2D eigenvalue weighted by Crippen LogP contribution is 2.57. The lowest BCUT2D eigenvalue weighted by Gasteiger charge is -2.46. The highest BCUT2D eigenvalue weighted by molar-refractivity contribution is 5.87. The fraction of sp³-hybridized carbons (Fsp3) is 0.700. The maximum Gasteiger partial charge on any atom is 0.317 e. The van der Waals surface area contributed by atoms with Gasteiger partial charge in [0.25, 0.3) is 0 Å². The Bertz CT molecular complexity index is 746. The Kier molecular flexibility index (Phi) is 4.67. The van der Waals surface area contributed by atoms with Gasteiger partial charge in [-0.2, -0.15) is 0 Å². The summed E-state index contributed by atoms with van der Waals surface area (Å²) in [5.74, 6) is 0.937. The Morgan fingerprint density at radius 3 is 2.36 bits per heavy atom. The van der Waals surface area contributed by atoms with Gasteiger partial charge in [-0.3, -0.25) is 4.79 Å². The predicted octanol–water partition coefficient (Wildman–Crippen LogP) is 1.35. The van der Waals surface area contributed by atoms with E-state index in [0.29, 0.717) is 25.6 Å². The number of rotatable bonds is 2. The molecular weight excluding hydrogens is 356 g/mol. The zero-order valence-corrected chi connectivity index (χ0v) is 17.0. The fourth-order valence-electron chi connectivity index (χ4n) is 5.35. The van der Waals surface area contributed by atoms with Crippen LogP contribution in [0.5, 0.6) is 0 Å². The Morgan fingerprint density at radius 2 is 1.79 bits per heavy atom. The topological polar surface area (TPSA) is 81.7 Å². The van der Waals surface area contributed by atoms with Crippen molar-refractivity contribution in [2.75, 3.05) is 44.7 Å². The zero-order valence-electron chi connectivity index (χ0n) is 17.0. The molecule has 1 atom stereocenters. The Balaban J connectivity index is 1.59. The number of carbonyl (C=O) groups excluding carboxylic acids is 2. The first-order chi connectivity index (χ1) is 13.4. The molecule has 28 heavy (non-hydrogen) atoms. The number of piperidine rings is 1. The van der Waals surface area contributed by atoms with Crippen molar-refractivity contribution < 1.29 is 9.59 Å². The van der Waals surface area contributed by atoms with Crippen molar-refractivity contribution in [2.24, 2.45) is 10.8 Å². The minimum atomic E-state index is -0.401. The van der Waals surface area contributed by atoms with Gasteiger partial charge in [0, 0.05) is 63.6 Å². The fourth-order valence-corrected chi connectivity index (χ4v) is 5.35. The quantitative estimate of drug-likeness (QED) is 0.830. The van der Waals surface area contributed by atoms with Crippen LogP contribution in [-0.2, 0) is 4.79 Å². The van der Waals surface area contributed by atoms with E-state index in [1.54, 1.807) is 12.4 Å². The number of anilines is 1. The zero-order chi connectivity index (χ0) is 19.9. The molecule has 2 spiro atoms. The first-order valence-electron chi connectivity index (χ1n) is 10.2. The maximum atomic E-state index is 13.3. The Labute approximate surface area is 166 Å². The average Bonchev–Trinajstić information content (AvgIpc) is 3.16. The minimum Gasteiger partial charge on any atom is -0.345 e. The third-order valence-corrected chi connectivity index (χ3v) is 6.85. The van der Waals surface area contributed by atoms with Crippen LogP contribution in [0.4, 0.5) is 10.7 Å². The van der Waals surface area contributed by atoms with Gasteiger partial charge in [0.15, 0.2) is 0 Å². The summed E-state index contributed by atoms with van der Waals surface area (Å²) in [5.41, 5.74) is -0.537. The Hall–Kier alpha value is -2.38. The normalized spacial score (nSPS) is 26.7. The number of hydrogen-bond donors (Lipinski definition) is 1. The van der Waals surface area contributed by atoms with Crippen LogP contribution in [0.15, 0.2) is 18.5 Å². The van der Waals surface area contributed by atoms with Crippen molar-refractivity contribution in [2.45, 2.75) is 39.2 Å². The molecule has 4 rings (SSSR count). The second kappa shape index (κ2) is 6.90. The first-order valence-corrected chi connectivity index (χ1v) is 10.2. The van der Waals surface area contributed by atoms with E-state index in [2.05, 4.69) is 20.2 Å². The third-order valence-electron chi connectivity index (χ3n) is 6.85. The molecule has 0 saturated carbocycles. The van der Waals surface area contributed by atoms with Crippen LogP contribution in [0.1, 0.15) is 33.1 Å². The van der Waals surface area contributed by atoms with Crippen molar-refractivity contribution >= 4 is 17.9 Å². The van der Waals surface area contributed by atoms with Gasteiger partial charge >= 0.3 is 6.03 Å². The van der Waals surface area contributed by atoms with Crippen molar-refractivity contribution in [1.29, 1.82) is 0 Å². The van der Waals surface area contributed by atoms with Crippen LogP contribution < -0.4 is 10.2 Å². The summed E-state index contributed by atoms with van der Waals surface area (Å²) in [6.07, 6.45) is 6.04. The molecule has 3 saturated heterocycles. The molecule has 3 aliphatic heterocycles. The lowest BCUT2D eigenvalue weighted by Crippen LogP contribution is -2.55. The molecule has 152 valence electrons. The molecule has 1 aromatic rings. The number of likely N-dealkylation sites (tertiary alicyclic amines) is 2. The van der Waals surface area contributed by atoms with Crippen molar-refractivity contribution in [3.63, 3.8) is 0 Å². The highest BCUT2D eigenvalue weighted by Gasteiger charge is 2.65. The number of amides is 3. The molecule has 0 aliphatic carbocycles. The molecule has 8 heteroatoms. The largest absolute Gasteiger partial charge is 0.345 e. The van der Waals surface area contributed by atoms with Gasteiger partial charge in [-0.1, -0.05) is 0 Å². The molecule has 3 fully saturated rings. The van der Waals surface area contributed by atoms with Crippen LogP contribution in [0, 0.1) is 10.8 Å². The first kappa shape index (κ1) is 19.0. The molecule has 0 aromatic carbocycles.